The first-order valence-electron chi connectivity index (χ1n) is 10.9. The van der Waals surface area contributed by atoms with Gasteiger partial charge in [-0.15, -0.1) is 0 Å². The van der Waals surface area contributed by atoms with Crippen molar-refractivity contribution in [1.29, 1.82) is 0 Å². The van der Waals surface area contributed by atoms with E-state index < -0.39 is 10.8 Å². The second kappa shape index (κ2) is 10.1. The molecule has 3 aromatic heterocycles. The van der Waals surface area contributed by atoms with Crippen LogP contribution >= 0.6 is 11.3 Å². The van der Waals surface area contributed by atoms with Gasteiger partial charge in [0.1, 0.15) is 6.61 Å². The van der Waals surface area contributed by atoms with Gasteiger partial charge in [0.2, 0.25) is 0 Å². The first kappa shape index (κ1) is 22.8. The lowest BCUT2D eigenvalue weighted by Gasteiger charge is -2.26. The zero-order chi connectivity index (χ0) is 24.2. The zero-order valence-electron chi connectivity index (χ0n) is 18.5. The van der Waals surface area contributed by atoms with Gasteiger partial charge < -0.3 is 14.8 Å². The molecule has 0 radical (unpaired) electrons. The summed E-state index contributed by atoms with van der Waals surface area (Å²) in [5.41, 5.74) is 1.24. The van der Waals surface area contributed by atoms with E-state index in [9.17, 15) is 14.9 Å². The predicted molar refractivity (Wildman–Crippen MR) is 128 cm³/mol. The minimum atomic E-state index is -0.533. The molecule has 12 nitrogen and oxygen atoms in total. The molecule has 0 aliphatic carbocycles. The lowest BCUT2D eigenvalue weighted by atomic mass is 10.3. The average Bonchev–Trinajstić information content (AvgIpc) is 3.54. The molecule has 0 unspecified atom stereocenters. The summed E-state index contributed by atoms with van der Waals surface area (Å²) in [6, 6.07) is 12.2. The Balaban J connectivity index is 1.44. The van der Waals surface area contributed by atoms with Crippen molar-refractivity contribution in [3.8, 4) is 11.7 Å². The van der Waals surface area contributed by atoms with Gasteiger partial charge in [0.05, 0.1) is 40.3 Å². The first-order valence-corrected chi connectivity index (χ1v) is 11.7. The van der Waals surface area contributed by atoms with E-state index in [2.05, 4.69) is 25.3 Å². The summed E-state index contributed by atoms with van der Waals surface area (Å²) in [7, 11) is 0. The van der Waals surface area contributed by atoms with Crippen molar-refractivity contribution >= 4 is 39.1 Å². The number of nitrogens with one attached hydrogen (secondary N) is 1. The van der Waals surface area contributed by atoms with Crippen LogP contribution in [-0.2, 0) is 4.74 Å². The fraction of sp³-hybridized carbons (Fsp3) is 0.273. The van der Waals surface area contributed by atoms with Gasteiger partial charge in [-0.05, 0) is 18.2 Å². The molecule has 1 aliphatic heterocycles. The molecule has 4 heterocycles. The Morgan fingerprint density at radius 2 is 1.97 bits per heavy atom. The van der Waals surface area contributed by atoms with E-state index >= 15 is 0 Å². The van der Waals surface area contributed by atoms with E-state index in [0.29, 0.717) is 37.4 Å². The highest BCUT2D eigenvalue weighted by atomic mass is 32.1. The molecule has 13 heteroatoms. The predicted octanol–water partition coefficient (Wildman–Crippen LogP) is 2.75. The van der Waals surface area contributed by atoms with Crippen LogP contribution in [0.5, 0.6) is 6.01 Å². The molecule has 1 saturated heterocycles. The van der Waals surface area contributed by atoms with E-state index in [-0.39, 0.29) is 21.7 Å². The van der Waals surface area contributed by atoms with Gasteiger partial charge in [0.25, 0.3) is 5.91 Å². The number of fused-ring (bicyclic) bond motifs is 1. The number of anilines is 1. The molecule has 180 valence electrons. The van der Waals surface area contributed by atoms with E-state index in [0.717, 1.165) is 30.1 Å². The topological polar surface area (TPSA) is 138 Å². The fourth-order valence-electron chi connectivity index (χ4n) is 3.61. The Kier molecular flexibility index (Phi) is 6.61. The number of benzene rings is 1. The molecular formula is C22H21N7O5S. The van der Waals surface area contributed by atoms with Crippen LogP contribution < -0.4 is 10.1 Å². The van der Waals surface area contributed by atoms with Gasteiger partial charge in [-0.3, -0.25) is 19.8 Å². The summed E-state index contributed by atoms with van der Waals surface area (Å²) < 4.78 is 12.9. The van der Waals surface area contributed by atoms with Crippen molar-refractivity contribution in [2.45, 2.75) is 0 Å². The Morgan fingerprint density at radius 1 is 1.17 bits per heavy atom. The van der Waals surface area contributed by atoms with Crippen LogP contribution in [0.1, 0.15) is 9.67 Å². The third-order valence-corrected chi connectivity index (χ3v) is 6.41. The van der Waals surface area contributed by atoms with Crippen molar-refractivity contribution in [2.24, 2.45) is 0 Å². The van der Waals surface area contributed by atoms with Crippen LogP contribution in [-0.4, -0.2) is 74.9 Å². The first-order chi connectivity index (χ1) is 17.1. The summed E-state index contributed by atoms with van der Waals surface area (Å²) >= 11 is 0.787. The number of carbonyl (C=O) groups is 1. The molecular weight excluding hydrogens is 474 g/mol. The standard InChI is InChI=1S/C22H21N7O5S/c30-21(17-6-7-18(35-17)29(31)32)24-19-16-14-23-28(15-4-2-1-3-5-15)20(16)26-22(25-19)34-13-10-27-8-11-33-12-9-27/h1-7,14H,8-13H2,(H,24,25,26,30). The van der Waals surface area contributed by atoms with Gasteiger partial charge in [0, 0.05) is 25.7 Å². The van der Waals surface area contributed by atoms with Crippen molar-refractivity contribution in [2.75, 3.05) is 44.8 Å². The minimum absolute atomic E-state index is 0.0934. The van der Waals surface area contributed by atoms with Gasteiger partial charge in [-0.1, -0.05) is 29.5 Å². The quantitative estimate of drug-likeness (QED) is 0.289. The molecule has 0 bridgehead atoms. The van der Waals surface area contributed by atoms with Crippen LogP contribution in [0.25, 0.3) is 16.7 Å². The number of thiophene rings is 1. The number of nitro groups is 1. The minimum Gasteiger partial charge on any atom is -0.462 e. The lowest BCUT2D eigenvalue weighted by Crippen LogP contribution is -2.38. The van der Waals surface area contributed by atoms with E-state index in [1.165, 1.54) is 12.1 Å². The molecule has 0 spiro atoms. The number of para-hydroxylation sites is 1. The number of aromatic nitrogens is 4. The lowest BCUT2D eigenvalue weighted by molar-refractivity contribution is -0.380. The maximum absolute atomic E-state index is 12.8. The monoisotopic (exact) mass is 495 g/mol. The number of carbonyl (C=O) groups excluding carboxylic acids is 1. The van der Waals surface area contributed by atoms with E-state index in [1.807, 2.05) is 30.3 Å². The molecule has 1 fully saturated rings. The number of morpholine rings is 1. The Hall–Kier alpha value is -3.94. The Morgan fingerprint density at radius 3 is 2.71 bits per heavy atom. The van der Waals surface area contributed by atoms with Crippen LogP contribution in [0, 0.1) is 10.1 Å². The number of hydrogen-bond donors (Lipinski definition) is 1. The van der Waals surface area contributed by atoms with Crippen molar-refractivity contribution < 1.29 is 19.2 Å². The summed E-state index contributed by atoms with van der Waals surface area (Å²) in [6.07, 6.45) is 1.56. The van der Waals surface area contributed by atoms with Gasteiger partial charge in [0.15, 0.2) is 11.5 Å². The Bertz CT molecular complexity index is 1350. The van der Waals surface area contributed by atoms with Crippen LogP contribution in [0.4, 0.5) is 10.8 Å². The molecule has 5 rings (SSSR count). The second-order valence-electron chi connectivity index (χ2n) is 7.64. The molecule has 0 atom stereocenters. The van der Waals surface area contributed by atoms with E-state index in [4.69, 9.17) is 9.47 Å². The molecule has 1 amide bonds. The molecule has 0 saturated carbocycles. The molecule has 35 heavy (non-hydrogen) atoms. The average molecular weight is 496 g/mol. The highest BCUT2D eigenvalue weighted by Crippen LogP contribution is 2.28. The maximum Gasteiger partial charge on any atom is 0.324 e. The number of rotatable bonds is 8. The SMILES string of the molecule is O=C(Nc1nc(OCCN2CCOCC2)nc2c1cnn2-c1ccccc1)c1ccc([N+](=O)[O-])s1. The summed E-state index contributed by atoms with van der Waals surface area (Å²) in [4.78, 5) is 34.7. The largest absolute Gasteiger partial charge is 0.462 e. The summed E-state index contributed by atoms with van der Waals surface area (Å²) in [5, 5.41) is 18.5. The van der Waals surface area contributed by atoms with Crippen LogP contribution in [0.15, 0.2) is 48.7 Å². The normalized spacial score (nSPS) is 14.2. The maximum atomic E-state index is 12.8. The van der Waals surface area contributed by atoms with Crippen molar-refractivity contribution in [1.82, 2.24) is 24.6 Å². The highest BCUT2D eigenvalue weighted by Gasteiger charge is 2.20. The van der Waals surface area contributed by atoms with Gasteiger partial charge >= 0.3 is 11.0 Å². The third kappa shape index (κ3) is 5.11. The van der Waals surface area contributed by atoms with Crippen molar-refractivity contribution in [3.63, 3.8) is 0 Å². The van der Waals surface area contributed by atoms with Crippen LogP contribution in [0.2, 0.25) is 0 Å². The fourth-order valence-corrected chi connectivity index (χ4v) is 4.33. The smallest absolute Gasteiger partial charge is 0.324 e. The van der Waals surface area contributed by atoms with Crippen LogP contribution in [0.3, 0.4) is 0 Å². The zero-order valence-corrected chi connectivity index (χ0v) is 19.3. The van der Waals surface area contributed by atoms with Gasteiger partial charge in [-0.25, -0.2) is 4.68 Å². The Labute approximate surface area is 203 Å². The summed E-state index contributed by atoms with van der Waals surface area (Å²) in [6.45, 7) is 4.08. The molecule has 1 N–H and O–H groups in total. The van der Waals surface area contributed by atoms with E-state index in [1.54, 1.807) is 10.9 Å². The number of ether oxygens (including phenoxy) is 2. The highest BCUT2D eigenvalue weighted by molar-refractivity contribution is 7.17. The number of amides is 1. The number of nitrogens with zero attached hydrogens (tertiary/aromatic N) is 6. The number of hydrogen-bond acceptors (Lipinski definition) is 10. The summed E-state index contributed by atoms with van der Waals surface area (Å²) in [5.74, 6) is -0.311. The third-order valence-electron chi connectivity index (χ3n) is 5.38. The molecule has 4 aromatic rings. The molecule has 1 aromatic carbocycles. The van der Waals surface area contributed by atoms with Gasteiger partial charge in [-0.2, -0.15) is 15.1 Å². The van der Waals surface area contributed by atoms with Crippen molar-refractivity contribution in [3.05, 3.63) is 63.7 Å². The molecule has 1 aliphatic rings. The second-order valence-corrected chi connectivity index (χ2v) is 8.70.